The average Bonchev–Trinajstić information content (AvgIpc) is 2.90. The van der Waals surface area contributed by atoms with Crippen LogP contribution in [0.15, 0.2) is 36.5 Å². The van der Waals surface area contributed by atoms with Crippen molar-refractivity contribution in [3.8, 4) is 17.0 Å². The number of nitrogens with zero attached hydrogens (tertiary/aromatic N) is 5. The molecule has 0 amide bonds. The van der Waals surface area contributed by atoms with E-state index in [0.29, 0.717) is 23.5 Å². The Morgan fingerprint density at radius 2 is 1.78 bits per heavy atom. The number of hydrogen-bond donors (Lipinski definition) is 2. The highest BCUT2D eigenvalue weighted by atomic mass is 19.1. The molecule has 196 valence electrons. The predicted molar refractivity (Wildman–Crippen MR) is 144 cm³/mol. The molecule has 3 heterocycles. The highest BCUT2D eigenvalue weighted by Gasteiger charge is 2.27. The highest BCUT2D eigenvalue weighted by Crippen LogP contribution is 2.40. The fourth-order valence-corrected chi connectivity index (χ4v) is 5.03. The number of ether oxygens (including phenoxy) is 1. The van der Waals surface area contributed by atoms with E-state index in [1.54, 1.807) is 7.11 Å². The van der Waals surface area contributed by atoms with Crippen LogP contribution in [0.4, 0.5) is 37.5 Å². The van der Waals surface area contributed by atoms with Crippen molar-refractivity contribution in [2.45, 2.75) is 19.9 Å². The molecule has 5 rings (SSSR count). The fourth-order valence-electron chi connectivity index (χ4n) is 5.03. The second kappa shape index (κ2) is 10.4. The molecule has 2 N–H and O–H groups in total. The zero-order valence-corrected chi connectivity index (χ0v) is 21.7. The lowest BCUT2D eigenvalue weighted by Gasteiger charge is -2.39. The monoisotopic (exact) mass is 509 g/mol. The van der Waals surface area contributed by atoms with E-state index in [-0.39, 0.29) is 17.7 Å². The van der Waals surface area contributed by atoms with Gasteiger partial charge in [0.25, 0.3) is 0 Å². The molecule has 0 saturated carbocycles. The van der Waals surface area contributed by atoms with Crippen molar-refractivity contribution >= 4 is 28.7 Å². The first kappa shape index (κ1) is 25.0. The standard InChI is InChI=1S/C27H33F2N7O/c1-17(2)36-12-11-34(3)26-20(28)13-18(14-23(26)36)25-21(29)16-31-27(33-25)32-19-5-6-22(24(15-19)37-4)35-9-7-30-8-10-35/h5-6,13-17,30H,7-12H2,1-4H3,(H,31,32,33). The lowest BCUT2D eigenvalue weighted by molar-refractivity contribution is 0.413. The topological polar surface area (TPSA) is 68.8 Å². The van der Waals surface area contributed by atoms with Crippen LogP contribution in [-0.2, 0) is 0 Å². The summed E-state index contributed by atoms with van der Waals surface area (Å²) in [6, 6.07) is 9.12. The number of nitrogens with one attached hydrogen (secondary N) is 2. The minimum absolute atomic E-state index is 0.0422. The molecule has 1 aromatic heterocycles. The van der Waals surface area contributed by atoms with Crippen LogP contribution in [0, 0.1) is 11.6 Å². The third-order valence-corrected chi connectivity index (χ3v) is 6.95. The van der Waals surface area contributed by atoms with Crippen molar-refractivity contribution in [3.63, 3.8) is 0 Å². The number of halogens is 2. The third-order valence-electron chi connectivity index (χ3n) is 6.95. The maximum absolute atomic E-state index is 15.3. The van der Waals surface area contributed by atoms with Crippen molar-refractivity contribution in [1.82, 2.24) is 15.3 Å². The van der Waals surface area contributed by atoms with Gasteiger partial charge in [-0.1, -0.05) is 0 Å². The summed E-state index contributed by atoms with van der Waals surface area (Å²) in [7, 11) is 3.51. The number of rotatable bonds is 6. The summed E-state index contributed by atoms with van der Waals surface area (Å²) in [6.45, 7) is 9.24. The third kappa shape index (κ3) is 4.98. The van der Waals surface area contributed by atoms with Crippen LogP contribution >= 0.6 is 0 Å². The number of fused-ring (bicyclic) bond motifs is 1. The van der Waals surface area contributed by atoms with E-state index in [1.165, 1.54) is 6.07 Å². The zero-order chi connectivity index (χ0) is 26.1. The summed E-state index contributed by atoms with van der Waals surface area (Å²) in [4.78, 5) is 14.9. The zero-order valence-electron chi connectivity index (χ0n) is 21.7. The molecule has 2 aliphatic rings. The molecule has 1 fully saturated rings. The molecule has 0 unspecified atom stereocenters. The molecular formula is C27H33F2N7O. The Morgan fingerprint density at radius 1 is 1.00 bits per heavy atom. The summed E-state index contributed by atoms with van der Waals surface area (Å²) in [5.41, 5.74) is 3.39. The number of piperazine rings is 1. The Balaban J connectivity index is 1.46. The van der Waals surface area contributed by atoms with Crippen molar-refractivity contribution in [2.75, 3.05) is 73.4 Å². The Morgan fingerprint density at radius 3 is 2.51 bits per heavy atom. The molecular weight excluding hydrogens is 476 g/mol. The summed E-state index contributed by atoms with van der Waals surface area (Å²) in [5.74, 6) is -0.0777. The molecule has 3 aromatic rings. The predicted octanol–water partition coefficient (Wildman–Crippen LogP) is 4.25. The lowest BCUT2D eigenvalue weighted by Crippen LogP contribution is -2.43. The molecule has 0 aliphatic carbocycles. The van der Waals surface area contributed by atoms with E-state index < -0.39 is 11.6 Å². The van der Waals surface area contributed by atoms with E-state index in [0.717, 1.165) is 56.0 Å². The van der Waals surface area contributed by atoms with E-state index >= 15 is 4.39 Å². The van der Waals surface area contributed by atoms with Crippen LogP contribution in [0.3, 0.4) is 0 Å². The molecule has 8 nitrogen and oxygen atoms in total. The summed E-state index contributed by atoms with van der Waals surface area (Å²) in [5, 5.41) is 6.49. The Bertz CT molecular complexity index is 1280. The van der Waals surface area contributed by atoms with Gasteiger partial charge in [0.2, 0.25) is 5.95 Å². The van der Waals surface area contributed by atoms with Gasteiger partial charge in [-0.05, 0) is 38.1 Å². The fraction of sp³-hybridized carbons (Fsp3) is 0.407. The van der Waals surface area contributed by atoms with E-state index in [4.69, 9.17) is 4.74 Å². The molecule has 0 spiro atoms. The quantitative estimate of drug-likeness (QED) is 0.511. The van der Waals surface area contributed by atoms with Crippen LogP contribution in [-0.4, -0.2) is 69.4 Å². The van der Waals surface area contributed by atoms with Crippen molar-refractivity contribution < 1.29 is 13.5 Å². The first-order valence-electron chi connectivity index (χ1n) is 12.6. The molecule has 2 aliphatic heterocycles. The van der Waals surface area contributed by atoms with Gasteiger partial charge >= 0.3 is 0 Å². The van der Waals surface area contributed by atoms with Crippen LogP contribution in [0.2, 0.25) is 0 Å². The first-order chi connectivity index (χ1) is 17.9. The van der Waals surface area contributed by atoms with Gasteiger partial charge in [0.1, 0.15) is 17.3 Å². The van der Waals surface area contributed by atoms with Gasteiger partial charge in [-0.3, -0.25) is 0 Å². The molecule has 0 radical (unpaired) electrons. The maximum Gasteiger partial charge on any atom is 0.227 e. The lowest BCUT2D eigenvalue weighted by atomic mass is 10.0. The molecule has 0 atom stereocenters. The number of benzene rings is 2. The SMILES string of the molecule is COc1cc(Nc2ncc(F)c(-c3cc(F)c4c(c3)N(C(C)C)CCN4C)n2)ccc1N1CCNCC1. The molecule has 0 bridgehead atoms. The van der Waals surface area contributed by atoms with Gasteiger partial charge in [0.15, 0.2) is 5.82 Å². The van der Waals surface area contributed by atoms with E-state index in [2.05, 4.69) is 44.2 Å². The molecule has 1 saturated heterocycles. The largest absolute Gasteiger partial charge is 0.495 e. The minimum atomic E-state index is -0.614. The Labute approximate surface area is 216 Å². The number of hydrogen-bond acceptors (Lipinski definition) is 8. The number of aromatic nitrogens is 2. The molecule has 37 heavy (non-hydrogen) atoms. The number of methoxy groups -OCH3 is 1. The van der Waals surface area contributed by atoms with Gasteiger partial charge < -0.3 is 30.1 Å². The van der Waals surface area contributed by atoms with Gasteiger partial charge in [0.05, 0.1) is 30.4 Å². The normalized spacial score (nSPS) is 15.7. The molecule has 2 aromatic carbocycles. The number of anilines is 5. The van der Waals surface area contributed by atoms with E-state index in [9.17, 15) is 4.39 Å². The van der Waals surface area contributed by atoms with Crippen molar-refractivity contribution in [2.24, 2.45) is 0 Å². The smallest absolute Gasteiger partial charge is 0.227 e. The summed E-state index contributed by atoms with van der Waals surface area (Å²) < 4.78 is 35.9. The van der Waals surface area contributed by atoms with Gasteiger partial charge in [-0.15, -0.1) is 0 Å². The summed E-state index contributed by atoms with van der Waals surface area (Å²) >= 11 is 0. The van der Waals surface area contributed by atoms with Crippen LogP contribution in [0.25, 0.3) is 11.3 Å². The summed E-state index contributed by atoms with van der Waals surface area (Å²) in [6.07, 6.45) is 1.11. The average molecular weight is 510 g/mol. The van der Waals surface area contributed by atoms with Crippen LogP contribution in [0.5, 0.6) is 5.75 Å². The van der Waals surface area contributed by atoms with Gasteiger partial charge in [-0.25, -0.2) is 18.7 Å². The highest BCUT2D eigenvalue weighted by molar-refractivity contribution is 5.80. The van der Waals surface area contributed by atoms with Crippen molar-refractivity contribution in [3.05, 3.63) is 48.2 Å². The first-order valence-corrected chi connectivity index (χ1v) is 12.6. The minimum Gasteiger partial charge on any atom is -0.495 e. The van der Waals surface area contributed by atoms with Gasteiger partial charge in [-0.2, -0.15) is 0 Å². The second-order valence-electron chi connectivity index (χ2n) is 9.67. The van der Waals surface area contributed by atoms with E-state index in [1.807, 2.05) is 36.2 Å². The Hall–Kier alpha value is -3.66. The van der Waals surface area contributed by atoms with Crippen LogP contribution < -0.4 is 30.1 Å². The molecule has 10 heteroatoms. The Kier molecular flexibility index (Phi) is 7.01. The maximum atomic E-state index is 15.3. The second-order valence-corrected chi connectivity index (χ2v) is 9.67. The van der Waals surface area contributed by atoms with Gasteiger partial charge in [0, 0.05) is 69.7 Å². The van der Waals surface area contributed by atoms with Crippen LogP contribution in [0.1, 0.15) is 13.8 Å². The number of likely N-dealkylation sites (N-methyl/N-ethyl adjacent to an activating group) is 1. The van der Waals surface area contributed by atoms with Crippen molar-refractivity contribution in [1.29, 1.82) is 0 Å².